The largest absolute Gasteiger partial charge is 0.444 e. The molecule has 2 unspecified atom stereocenters. The van der Waals surface area contributed by atoms with Gasteiger partial charge in [0.15, 0.2) is 0 Å². The monoisotopic (exact) mass is 270 g/mol. The van der Waals surface area contributed by atoms with Gasteiger partial charge in [-0.1, -0.05) is 0 Å². The van der Waals surface area contributed by atoms with Crippen LogP contribution in [-0.4, -0.2) is 52.3 Å². The quantitative estimate of drug-likeness (QED) is 0.771. The summed E-state index contributed by atoms with van der Waals surface area (Å²) in [5, 5.41) is 12.7. The topological polar surface area (TPSA) is 78.9 Å². The van der Waals surface area contributed by atoms with Crippen LogP contribution in [0.5, 0.6) is 0 Å². The first kappa shape index (κ1) is 14.1. The predicted octanol–water partition coefficient (Wildman–Crippen LogP) is 0.635. The van der Waals surface area contributed by atoms with Crippen LogP contribution < -0.4 is 5.32 Å². The number of amides is 2. The van der Waals surface area contributed by atoms with Gasteiger partial charge < -0.3 is 15.2 Å². The van der Waals surface area contributed by atoms with Crippen LogP contribution >= 0.6 is 0 Å². The molecule has 1 saturated carbocycles. The number of likely N-dealkylation sites (tertiary alicyclic amines) is 1. The summed E-state index contributed by atoms with van der Waals surface area (Å²) in [4.78, 5) is 25.4. The average molecular weight is 270 g/mol. The van der Waals surface area contributed by atoms with Crippen molar-refractivity contribution in [2.24, 2.45) is 0 Å². The fourth-order valence-electron chi connectivity index (χ4n) is 2.13. The third kappa shape index (κ3) is 3.59. The van der Waals surface area contributed by atoms with E-state index in [0.29, 0.717) is 13.0 Å². The second-order valence-corrected chi connectivity index (χ2v) is 6.26. The first-order valence-electron chi connectivity index (χ1n) is 6.76. The third-order valence-electron chi connectivity index (χ3n) is 3.19. The SMILES string of the molecule is CC(C)(C)OC(=O)N1CCC(O)C1C(=O)NC1CC1. The minimum Gasteiger partial charge on any atom is -0.444 e. The zero-order valence-electron chi connectivity index (χ0n) is 11.7. The summed E-state index contributed by atoms with van der Waals surface area (Å²) in [5.74, 6) is -0.279. The van der Waals surface area contributed by atoms with Gasteiger partial charge in [-0.3, -0.25) is 9.69 Å². The highest BCUT2D eigenvalue weighted by atomic mass is 16.6. The molecular formula is C13H22N2O4. The van der Waals surface area contributed by atoms with Crippen LogP contribution in [0.3, 0.4) is 0 Å². The van der Waals surface area contributed by atoms with Gasteiger partial charge in [0.2, 0.25) is 5.91 Å². The Hall–Kier alpha value is -1.30. The molecule has 1 heterocycles. The first-order chi connectivity index (χ1) is 8.78. The van der Waals surface area contributed by atoms with Crippen molar-refractivity contribution < 1.29 is 19.4 Å². The number of ether oxygens (including phenoxy) is 1. The standard InChI is InChI=1S/C13H22N2O4/c1-13(2,3)19-12(18)15-7-6-9(16)10(15)11(17)14-8-4-5-8/h8-10,16H,4-7H2,1-3H3,(H,14,17). The second-order valence-electron chi connectivity index (χ2n) is 6.26. The van der Waals surface area contributed by atoms with Crippen LogP contribution in [0.2, 0.25) is 0 Å². The molecule has 0 bridgehead atoms. The number of carbonyl (C=O) groups is 2. The molecule has 1 aliphatic heterocycles. The number of aliphatic hydroxyl groups is 1. The Labute approximate surface area is 113 Å². The number of nitrogens with one attached hydrogen (secondary N) is 1. The van der Waals surface area contributed by atoms with E-state index in [1.54, 1.807) is 20.8 Å². The lowest BCUT2D eigenvalue weighted by Gasteiger charge is -2.28. The van der Waals surface area contributed by atoms with Gasteiger partial charge in [-0.05, 0) is 40.0 Å². The number of aliphatic hydroxyl groups excluding tert-OH is 1. The van der Waals surface area contributed by atoms with Crippen LogP contribution in [0.1, 0.15) is 40.0 Å². The molecule has 2 atom stereocenters. The zero-order valence-corrected chi connectivity index (χ0v) is 11.7. The molecule has 2 amide bonds. The molecule has 6 heteroatoms. The lowest BCUT2D eigenvalue weighted by Crippen LogP contribution is -2.51. The maximum absolute atomic E-state index is 12.1. The number of hydrogen-bond donors (Lipinski definition) is 2. The van der Waals surface area contributed by atoms with Crippen molar-refractivity contribution in [1.82, 2.24) is 10.2 Å². The van der Waals surface area contributed by atoms with Crippen molar-refractivity contribution in [2.75, 3.05) is 6.54 Å². The molecule has 19 heavy (non-hydrogen) atoms. The van der Waals surface area contributed by atoms with Crippen molar-refractivity contribution in [2.45, 2.75) is 63.8 Å². The minimum absolute atomic E-state index is 0.209. The second kappa shape index (κ2) is 5.00. The third-order valence-corrected chi connectivity index (χ3v) is 3.19. The maximum Gasteiger partial charge on any atom is 0.411 e. The van der Waals surface area contributed by atoms with E-state index in [1.165, 1.54) is 4.90 Å². The maximum atomic E-state index is 12.1. The Bertz CT molecular complexity index is 373. The van der Waals surface area contributed by atoms with Crippen molar-refractivity contribution in [1.29, 1.82) is 0 Å². The molecule has 2 N–H and O–H groups in total. The molecule has 0 radical (unpaired) electrons. The number of rotatable bonds is 2. The fraction of sp³-hybridized carbons (Fsp3) is 0.846. The summed E-state index contributed by atoms with van der Waals surface area (Å²) in [7, 11) is 0. The highest BCUT2D eigenvalue weighted by Crippen LogP contribution is 2.24. The number of nitrogens with zero attached hydrogens (tertiary/aromatic N) is 1. The minimum atomic E-state index is -0.824. The normalized spacial score (nSPS) is 27.3. The van der Waals surface area contributed by atoms with Gasteiger partial charge in [0, 0.05) is 12.6 Å². The molecule has 108 valence electrons. The lowest BCUT2D eigenvalue weighted by atomic mass is 10.1. The lowest BCUT2D eigenvalue weighted by molar-refractivity contribution is -0.128. The summed E-state index contributed by atoms with van der Waals surface area (Å²) < 4.78 is 5.27. The average Bonchev–Trinajstić information content (AvgIpc) is 2.96. The smallest absolute Gasteiger partial charge is 0.411 e. The van der Waals surface area contributed by atoms with Crippen molar-refractivity contribution in [3.63, 3.8) is 0 Å². The Morgan fingerprint density at radius 1 is 1.26 bits per heavy atom. The van der Waals surface area contributed by atoms with Crippen molar-refractivity contribution in [3.05, 3.63) is 0 Å². The fourth-order valence-corrected chi connectivity index (χ4v) is 2.13. The van der Waals surface area contributed by atoms with Gasteiger partial charge in [-0.25, -0.2) is 4.79 Å². The van der Waals surface area contributed by atoms with Gasteiger partial charge in [0.25, 0.3) is 0 Å². The van der Waals surface area contributed by atoms with Gasteiger partial charge in [-0.15, -0.1) is 0 Å². The summed E-state index contributed by atoms with van der Waals surface area (Å²) in [6.07, 6.45) is 0.996. The van der Waals surface area contributed by atoms with Gasteiger partial charge in [-0.2, -0.15) is 0 Å². The summed E-state index contributed by atoms with van der Waals surface area (Å²) in [6, 6.07) is -0.615. The van der Waals surface area contributed by atoms with E-state index in [2.05, 4.69) is 5.32 Å². The predicted molar refractivity (Wildman–Crippen MR) is 68.5 cm³/mol. The zero-order chi connectivity index (χ0) is 14.2. The first-order valence-corrected chi connectivity index (χ1v) is 6.76. The van der Waals surface area contributed by atoms with Crippen molar-refractivity contribution >= 4 is 12.0 Å². The molecule has 0 aromatic rings. The highest BCUT2D eigenvalue weighted by Gasteiger charge is 2.43. The molecule has 1 aliphatic carbocycles. The van der Waals surface area contributed by atoms with E-state index in [4.69, 9.17) is 4.74 Å². The summed E-state index contributed by atoms with van der Waals surface area (Å²) >= 11 is 0. The van der Waals surface area contributed by atoms with Gasteiger partial charge in [0.05, 0.1) is 6.10 Å². The molecular weight excluding hydrogens is 248 g/mol. The Morgan fingerprint density at radius 2 is 1.89 bits per heavy atom. The summed E-state index contributed by atoms with van der Waals surface area (Å²) in [6.45, 7) is 5.67. The summed E-state index contributed by atoms with van der Waals surface area (Å²) in [5.41, 5.74) is -0.609. The molecule has 0 spiro atoms. The van der Waals surface area contributed by atoms with Gasteiger partial charge in [0.1, 0.15) is 11.6 Å². The molecule has 6 nitrogen and oxygen atoms in total. The van der Waals surface area contributed by atoms with E-state index in [1.807, 2.05) is 0 Å². The molecule has 2 fully saturated rings. The molecule has 2 rings (SSSR count). The van der Waals surface area contributed by atoms with Crippen LogP contribution in [0.25, 0.3) is 0 Å². The molecule has 0 aromatic heterocycles. The molecule has 1 saturated heterocycles. The van der Waals surface area contributed by atoms with E-state index < -0.39 is 23.8 Å². The van der Waals surface area contributed by atoms with E-state index in [9.17, 15) is 14.7 Å². The van der Waals surface area contributed by atoms with Gasteiger partial charge >= 0.3 is 6.09 Å². The van der Waals surface area contributed by atoms with Crippen LogP contribution in [0.15, 0.2) is 0 Å². The number of hydrogen-bond acceptors (Lipinski definition) is 4. The molecule has 0 aromatic carbocycles. The van der Waals surface area contributed by atoms with Crippen molar-refractivity contribution in [3.8, 4) is 0 Å². The van der Waals surface area contributed by atoms with E-state index >= 15 is 0 Å². The van der Waals surface area contributed by atoms with Crippen LogP contribution in [0.4, 0.5) is 4.79 Å². The highest BCUT2D eigenvalue weighted by molar-refractivity contribution is 5.87. The van der Waals surface area contributed by atoms with Crippen LogP contribution in [0, 0.1) is 0 Å². The Balaban J connectivity index is 2.01. The Morgan fingerprint density at radius 3 is 2.42 bits per heavy atom. The molecule has 2 aliphatic rings. The van der Waals surface area contributed by atoms with Crippen LogP contribution in [-0.2, 0) is 9.53 Å². The van der Waals surface area contributed by atoms with E-state index in [0.717, 1.165) is 12.8 Å². The van der Waals surface area contributed by atoms with E-state index in [-0.39, 0.29) is 11.9 Å². The number of carbonyl (C=O) groups excluding carboxylic acids is 2. The Kier molecular flexibility index (Phi) is 3.71.